The Bertz CT molecular complexity index is 433. The van der Waals surface area contributed by atoms with Crippen molar-refractivity contribution in [1.29, 1.82) is 0 Å². The van der Waals surface area contributed by atoms with Crippen LogP contribution in [0.1, 0.15) is 32.6 Å². The average molecular weight is 383 g/mol. The standard InChI is InChI=1S/C20H38N4O3/c1-2-21-20(22-7-3-10-26-15-17-4-5-17)23-14-19(18-6-11-27-16-18)24-8-12-25-13-9-24/h17-19H,2-16H2,1H3,(H2,21,22,23). The van der Waals surface area contributed by atoms with Gasteiger partial charge in [0.25, 0.3) is 0 Å². The lowest BCUT2D eigenvalue weighted by Crippen LogP contribution is -2.49. The van der Waals surface area contributed by atoms with Crippen LogP contribution in [-0.2, 0) is 14.2 Å². The smallest absolute Gasteiger partial charge is 0.191 e. The molecule has 0 aromatic rings. The van der Waals surface area contributed by atoms with Gasteiger partial charge in [-0.3, -0.25) is 9.89 Å². The van der Waals surface area contributed by atoms with Gasteiger partial charge in [0.1, 0.15) is 0 Å². The van der Waals surface area contributed by atoms with E-state index in [0.717, 1.165) is 97.1 Å². The van der Waals surface area contributed by atoms with Gasteiger partial charge in [-0.05, 0) is 38.5 Å². The van der Waals surface area contributed by atoms with Gasteiger partial charge < -0.3 is 24.8 Å². The third-order valence-corrected chi connectivity index (χ3v) is 5.61. The Hall–Kier alpha value is -0.890. The second-order valence-electron chi connectivity index (χ2n) is 7.86. The molecule has 0 radical (unpaired) electrons. The lowest BCUT2D eigenvalue weighted by molar-refractivity contribution is 0.00368. The van der Waals surface area contributed by atoms with E-state index in [0.29, 0.717) is 12.0 Å². The third kappa shape index (κ3) is 7.56. The van der Waals surface area contributed by atoms with Crippen LogP contribution in [-0.4, -0.2) is 89.3 Å². The second kappa shape index (κ2) is 11.8. The SMILES string of the molecule is CCNC(=NCC(C1CCOC1)N1CCOCC1)NCCCOCC1CC1. The minimum Gasteiger partial charge on any atom is -0.381 e. The maximum atomic E-state index is 5.71. The molecule has 27 heavy (non-hydrogen) atoms. The molecule has 0 spiro atoms. The van der Waals surface area contributed by atoms with E-state index in [1.54, 1.807) is 0 Å². The van der Waals surface area contributed by atoms with Crippen LogP contribution in [0.3, 0.4) is 0 Å². The summed E-state index contributed by atoms with van der Waals surface area (Å²) in [4.78, 5) is 7.45. The summed E-state index contributed by atoms with van der Waals surface area (Å²) in [5.74, 6) is 2.33. The summed E-state index contributed by atoms with van der Waals surface area (Å²) in [6.07, 6.45) is 4.86. The molecule has 2 saturated heterocycles. The van der Waals surface area contributed by atoms with Crippen molar-refractivity contribution >= 4 is 5.96 Å². The molecule has 1 aliphatic carbocycles. The van der Waals surface area contributed by atoms with Crippen LogP contribution in [0.25, 0.3) is 0 Å². The fourth-order valence-corrected chi connectivity index (χ4v) is 3.77. The zero-order chi connectivity index (χ0) is 18.7. The second-order valence-corrected chi connectivity index (χ2v) is 7.86. The Kier molecular flexibility index (Phi) is 9.14. The lowest BCUT2D eigenvalue weighted by atomic mass is 9.97. The van der Waals surface area contributed by atoms with Crippen molar-refractivity contribution in [2.45, 2.75) is 38.6 Å². The van der Waals surface area contributed by atoms with Gasteiger partial charge in [-0.2, -0.15) is 0 Å². The molecule has 2 N–H and O–H groups in total. The number of aliphatic imine (C=N–C) groups is 1. The van der Waals surface area contributed by atoms with Gasteiger partial charge in [0.2, 0.25) is 0 Å². The maximum Gasteiger partial charge on any atom is 0.191 e. The number of hydrogen-bond donors (Lipinski definition) is 2. The molecule has 2 aliphatic heterocycles. The summed E-state index contributed by atoms with van der Waals surface area (Å²) >= 11 is 0. The summed E-state index contributed by atoms with van der Waals surface area (Å²) in [5.41, 5.74) is 0. The molecule has 7 nitrogen and oxygen atoms in total. The Balaban J connectivity index is 1.44. The molecule has 0 amide bonds. The summed E-state index contributed by atoms with van der Waals surface area (Å²) in [6.45, 7) is 11.9. The maximum absolute atomic E-state index is 5.71. The molecular formula is C20H38N4O3. The molecular weight excluding hydrogens is 344 g/mol. The Morgan fingerprint density at radius 2 is 2.00 bits per heavy atom. The largest absolute Gasteiger partial charge is 0.381 e. The molecule has 3 rings (SSSR count). The first-order valence-corrected chi connectivity index (χ1v) is 10.9. The number of rotatable bonds is 11. The van der Waals surface area contributed by atoms with Crippen LogP contribution in [0, 0.1) is 11.8 Å². The highest BCUT2D eigenvalue weighted by molar-refractivity contribution is 5.79. The van der Waals surface area contributed by atoms with Crippen molar-refractivity contribution in [2.75, 3.05) is 72.4 Å². The van der Waals surface area contributed by atoms with Crippen LogP contribution in [0.2, 0.25) is 0 Å². The van der Waals surface area contributed by atoms with E-state index in [-0.39, 0.29) is 0 Å². The number of guanidine groups is 1. The first kappa shape index (κ1) is 20.8. The van der Waals surface area contributed by atoms with Gasteiger partial charge >= 0.3 is 0 Å². The van der Waals surface area contributed by atoms with Crippen LogP contribution < -0.4 is 10.6 Å². The van der Waals surface area contributed by atoms with Crippen LogP contribution in [0.4, 0.5) is 0 Å². The Morgan fingerprint density at radius 3 is 2.70 bits per heavy atom. The van der Waals surface area contributed by atoms with E-state index in [9.17, 15) is 0 Å². The van der Waals surface area contributed by atoms with Crippen LogP contribution >= 0.6 is 0 Å². The molecule has 1 saturated carbocycles. The van der Waals surface area contributed by atoms with Crippen LogP contribution in [0.5, 0.6) is 0 Å². The summed E-state index contributed by atoms with van der Waals surface area (Å²) in [6, 6.07) is 0.439. The molecule has 2 heterocycles. The number of hydrogen-bond acceptors (Lipinski definition) is 5. The topological polar surface area (TPSA) is 67.4 Å². The number of nitrogens with one attached hydrogen (secondary N) is 2. The summed E-state index contributed by atoms with van der Waals surface area (Å²) in [7, 11) is 0. The quantitative estimate of drug-likeness (QED) is 0.317. The predicted octanol–water partition coefficient (Wildman–Crippen LogP) is 1.10. The van der Waals surface area contributed by atoms with E-state index in [1.165, 1.54) is 12.8 Å². The highest BCUT2D eigenvalue weighted by Crippen LogP contribution is 2.28. The van der Waals surface area contributed by atoms with Crippen LogP contribution in [0.15, 0.2) is 4.99 Å². The monoisotopic (exact) mass is 382 g/mol. The Morgan fingerprint density at radius 1 is 1.15 bits per heavy atom. The molecule has 0 bridgehead atoms. The molecule has 0 aromatic carbocycles. The van der Waals surface area contributed by atoms with E-state index < -0.39 is 0 Å². The van der Waals surface area contributed by atoms with E-state index in [4.69, 9.17) is 19.2 Å². The van der Waals surface area contributed by atoms with Gasteiger partial charge in [-0.25, -0.2) is 0 Å². The minimum atomic E-state index is 0.439. The normalized spacial score (nSPS) is 25.5. The third-order valence-electron chi connectivity index (χ3n) is 5.61. The highest BCUT2D eigenvalue weighted by atomic mass is 16.5. The van der Waals surface area contributed by atoms with Gasteiger partial charge in [-0.15, -0.1) is 0 Å². The molecule has 7 heteroatoms. The van der Waals surface area contributed by atoms with Crippen molar-refractivity contribution in [3.8, 4) is 0 Å². The van der Waals surface area contributed by atoms with Crippen molar-refractivity contribution < 1.29 is 14.2 Å². The van der Waals surface area contributed by atoms with Crippen molar-refractivity contribution in [1.82, 2.24) is 15.5 Å². The molecule has 3 aliphatic rings. The molecule has 3 fully saturated rings. The first-order valence-electron chi connectivity index (χ1n) is 10.9. The van der Waals surface area contributed by atoms with E-state index >= 15 is 0 Å². The zero-order valence-electron chi connectivity index (χ0n) is 17.0. The molecule has 2 unspecified atom stereocenters. The first-order chi connectivity index (χ1) is 13.4. The van der Waals surface area contributed by atoms with Crippen molar-refractivity contribution in [3.05, 3.63) is 0 Å². The van der Waals surface area contributed by atoms with Gasteiger partial charge in [-0.1, -0.05) is 0 Å². The molecule has 156 valence electrons. The lowest BCUT2D eigenvalue weighted by Gasteiger charge is -2.36. The Labute approximate surface area is 164 Å². The van der Waals surface area contributed by atoms with Crippen molar-refractivity contribution in [2.24, 2.45) is 16.8 Å². The fourth-order valence-electron chi connectivity index (χ4n) is 3.77. The van der Waals surface area contributed by atoms with E-state index in [2.05, 4.69) is 22.5 Å². The predicted molar refractivity (Wildman–Crippen MR) is 107 cm³/mol. The molecule has 2 atom stereocenters. The average Bonchev–Trinajstić information content (AvgIpc) is 3.37. The number of nitrogens with zero attached hydrogens (tertiary/aromatic N) is 2. The number of morpholine rings is 1. The van der Waals surface area contributed by atoms with Gasteiger partial charge in [0, 0.05) is 58.0 Å². The van der Waals surface area contributed by atoms with Crippen molar-refractivity contribution in [3.63, 3.8) is 0 Å². The van der Waals surface area contributed by atoms with Gasteiger partial charge in [0.05, 0.1) is 26.4 Å². The van der Waals surface area contributed by atoms with E-state index in [1.807, 2.05) is 0 Å². The summed E-state index contributed by atoms with van der Waals surface area (Å²) in [5, 5.41) is 6.83. The zero-order valence-corrected chi connectivity index (χ0v) is 17.0. The highest BCUT2D eigenvalue weighted by Gasteiger charge is 2.31. The minimum absolute atomic E-state index is 0.439. The fraction of sp³-hybridized carbons (Fsp3) is 0.950. The summed E-state index contributed by atoms with van der Waals surface area (Å²) < 4.78 is 16.9. The van der Waals surface area contributed by atoms with Gasteiger partial charge in [0.15, 0.2) is 5.96 Å². The number of ether oxygens (including phenoxy) is 3. The molecule has 0 aromatic heterocycles.